The van der Waals surface area contributed by atoms with E-state index in [9.17, 15) is 9.90 Å². The Bertz CT molecular complexity index is 2370. The molecule has 0 spiro atoms. The first kappa shape index (κ1) is 23.4. The first-order valence-corrected chi connectivity index (χ1v) is 13.8. The molecule has 0 aliphatic heterocycles. The van der Waals surface area contributed by atoms with Crippen LogP contribution in [-0.4, -0.2) is 11.1 Å². The minimum atomic E-state index is -0.923. The third-order valence-electron chi connectivity index (χ3n) is 8.40. The van der Waals surface area contributed by atoms with E-state index in [1.165, 1.54) is 16.2 Å². The lowest BCUT2D eigenvalue weighted by molar-refractivity contribution is 0.0701. The molecule has 13 rings (SSSR count). The Hall–Kier alpha value is -5.47. The molecule has 0 saturated carbocycles. The standard InChI is InChI=1S/C39H24O2/c40-39(41)38-35-22-21-33-19-17-32-18-20-34(23-36(32)37(33)38)30-11-9-28(10-12-30)26-3-1-24(2-4-26)25-5-7-27(8-6-25)29-13-15-31(35)16-14-29/h1-23H,(H,40,41). The van der Waals surface area contributed by atoms with Crippen LogP contribution in [0.1, 0.15) is 10.4 Å². The van der Waals surface area contributed by atoms with Crippen molar-refractivity contribution in [1.82, 2.24) is 0 Å². The number of hydrogen-bond donors (Lipinski definition) is 1. The Labute approximate surface area is 236 Å². The van der Waals surface area contributed by atoms with Gasteiger partial charge in [-0.1, -0.05) is 133 Å². The van der Waals surface area contributed by atoms with Crippen molar-refractivity contribution in [3.63, 3.8) is 0 Å². The van der Waals surface area contributed by atoms with Crippen LogP contribution in [-0.2, 0) is 0 Å². The second-order valence-corrected chi connectivity index (χ2v) is 10.7. The monoisotopic (exact) mass is 524 g/mol. The number of rotatable bonds is 1. The van der Waals surface area contributed by atoms with Gasteiger partial charge in [0.25, 0.3) is 0 Å². The summed E-state index contributed by atoms with van der Waals surface area (Å²) in [5.74, 6) is -0.923. The molecule has 13 aromatic rings. The summed E-state index contributed by atoms with van der Waals surface area (Å²) in [4.78, 5) is 12.9. The van der Waals surface area contributed by atoms with Crippen LogP contribution >= 0.6 is 0 Å². The van der Waals surface area contributed by atoms with Crippen LogP contribution in [0.15, 0.2) is 140 Å². The number of aromatic carboxylic acids is 1. The van der Waals surface area contributed by atoms with E-state index < -0.39 is 5.97 Å². The molecule has 0 saturated heterocycles. The van der Waals surface area contributed by atoms with Crippen molar-refractivity contribution >= 4 is 81.4 Å². The molecule has 0 fully saturated rings. The third kappa shape index (κ3) is 3.84. The van der Waals surface area contributed by atoms with Gasteiger partial charge in [0.15, 0.2) is 0 Å². The van der Waals surface area contributed by atoms with Gasteiger partial charge in [-0.05, 0) is 76.1 Å². The van der Waals surface area contributed by atoms with E-state index in [4.69, 9.17) is 0 Å². The van der Waals surface area contributed by atoms with Crippen LogP contribution in [0.2, 0.25) is 0 Å². The molecule has 13 aromatic carbocycles. The van der Waals surface area contributed by atoms with E-state index in [-0.39, 0.29) is 0 Å². The van der Waals surface area contributed by atoms with Gasteiger partial charge < -0.3 is 5.11 Å². The molecular weight excluding hydrogens is 500 g/mol. The van der Waals surface area contributed by atoms with Crippen LogP contribution in [0.5, 0.6) is 0 Å². The van der Waals surface area contributed by atoms with Crippen molar-refractivity contribution in [2.75, 3.05) is 0 Å². The van der Waals surface area contributed by atoms with Gasteiger partial charge >= 0.3 is 5.97 Å². The molecule has 12 bridgehead atoms. The van der Waals surface area contributed by atoms with Gasteiger partial charge in [-0.25, -0.2) is 4.79 Å². The number of hydrogen-bond acceptors (Lipinski definition) is 1. The lowest BCUT2D eigenvalue weighted by Gasteiger charge is -2.10. The van der Waals surface area contributed by atoms with E-state index in [2.05, 4.69) is 109 Å². The van der Waals surface area contributed by atoms with Gasteiger partial charge in [-0.3, -0.25) is 0 Å². The number of benzene rings is 7. The topological polar surface area (TPSA) is 37.3 Å². The lowest BCUT2D eigenvalue weighted by atomic mass is 9.93. The van der Waals surface area contributed by atoms with E-state index >= 15 is 0 Å². The molecule has 0 heterocycles. The molecule has 0 unspecified atom stereocenters. The smallest absolute Gasteiger partial charge is 0.336 e. The maximum Gasteiger partial charge on any atom is 0.336 e. The first-order valence-electron chi connectivity index (χ1n) is 13.8. The summed E-state index contributed by atoms with van der Waals surface area (Å²) in [6.45, 7) is 0. The summed E-state index contributed by atoms with van der Waals surface area (Å²) in [5.41, 5.74) is 0.336. The summed E-state index contributed by atoms with van der Waals surface area (Å²) in [6, 6.07) is 48.5. The predicted octanol–water partition coefficient (Wildman–Crippen LogP) is 10.6. The highest BCUT2D eigenvalue weighted by Crippen LogP contribution is 2.34. The molecule has 0 atom stereocenters. The Balaban J connectivity index is 1.56. The zero-order valence-electron chi connectivity index (χ0n) is 22.1. The molecule has 0 radical (unpaired) electrons. The number of carboxylic acids is 1. The van der Waals surface area contributed by atoms with Crippen molar-refractivity contribution in [2.24, 2.45) is 0 Å². The van der Waals surface area contributed by atoms with Gasteiger partial charge in [-0.2, -0.15) is 0 Å². The molecule has 0 aliphatic rings. The number of fused-ring (bicyclic) bond motifs is 2. The Morgan fingerprint density at radius 2 is 0.634 bits per heavy atom. The molecule has 2 heteroatoms. The summed E-state index contributed by atoms with van der Waals surface area (Å²) in [6.07, 6.45) is 0. The molecule has 41 heavy (non-hydrogen) atoms. The summed E-state index contributed by atoms with van der Waals surface area (Å²) < 4.78 is 0. The van der Waals surface area contributed by atoms with Crippen LogP contribution in [0.4, 0.5) is 0 Å². The largest absolute Gasteiger partial charge is 0.478 e. The maximum atomic E-state index is 12.9. The highest BCUT2D eigenvalue weighted by molar-refractivity contribution is 6.23. The molecular formula is C39H24O2. The van der Waals surface area contributed by atoms with Crippen molar-refractivity contribution in [3.8, 4) is 0 Å². The van der Waals surface area contributed by atoms with Gasteiger partial charge in [0.1, 0.15) is 0 Å². The van der Waals surface area contributed by atoms with Crippen molar-refractivity contribution in [1.29, 1.82) is 0 Å². The second kappa shape index (κ2) is 9.04. The summed E-state index contributed by atoms with van der Waals surface area (Å²) >= 11 is 0. The Kier molecular flexibility index (Phi) is 5.16. The van der Waals surface area contributed by atoms with Crippen LogP contribution in [0.25, 0.3) is 75.4 Å². The van der Waals surface area contributed by atoms with Crippen molar-refractivity contribution in [3.05, 3.63) is 145 Å². The van der Waals surface area contributed by atoms with Crippen molar-refractivity contribution in [2.45, 2.75) is 0 Å². The van der Waals surface area contributed by atoms with Crippen LogP contribution < -0.4 is 0 Å². The van der Waals surface area contributed by atoms with E-state index in [0.29, 0.717) is 5.56 Å². The minimum Gasteiger partial charge on any atom is -0.478 e. The molecule has 0 amide bonds. The lowest BCUT2D eigenvalue weighted by Crippen LogP contribution is -1.99. The fraction of sp³-hybridized carbons (Fsp3) is 0. The van der Waals surface area contributed by atoms with E-state index in [0.717, 1.165) is 59.2 Å². The maximum absolute atomic E-state index is 12.9. The van der Waals surface area contributed by atoms with E-state index in [1.54, 1.807) is 0 Å². The predicted molar refractivity (Wildman–Crippen MR) is 174 cm³/mol. The molecule has 0 aliphatic carbocycles. The third-order valence-corrected chi connectivity index (χ3v) is 8.40. The fourth-order valence-corrected chi connectivity index (χ4v) is 6.20. The zero-order valence-corrected chi connectivity index (χ0v) is 22.1. The highest BCUT2D eigenvalue weighted by Gasteiger charge is 2.15. The average Bonchev–Trinajstić information content (AvgIpc) is 3.04. The van der Waals surface area contributed by atoms with E-state index in [1.807, 2.05) is 30.3 Å². The number of carbonyl (C=O) groups is 1. The van der Waals surface area contributed by atoms with Gasteiger partial charge in [0.2, 0.25) is 0 Å². The molecule has 0 aromatic heterocycles. The SMILES string of the molecule is O=C(O)c1c2ccc3ccc4ccc(cc4c13)c1ccc(cc1)c1ccc(cc1)c1ccc(cc1)c1ccc2cc1. The average molecular weight is 525 g/mol. The Morgan fingerprint density at radius 3 is 1.05 bits per heavy atom. The van der Waals surface area contributed by atoms with Crippen molar-refractivity contribution < 1.29 is 9.90 Å². The summed E-state index contributed by atoms with van der Waals surface area (Å²) in [5, 5.41) is 24.8. The van der Waals surface area contributed by atoms with Crippen LogP contribution in [0, 0.1) is 0 Å². The van der Waals surface area contributed by atoms with Gasteiger partial charge in [0.05, 0.1) is 5.56 Å². The highest BCUT2D eigenvalue weighted by atomic mass is 16.4. The molecule has 192 valence electrons. The molecule has 1 N–H and O–H groups in total. The minimum absolute atomic E-state index is 0.336. The number of carboxylic acid groups (broad SMARTS) is 1. The Morgan fingerprint density at radius 1 is 0.341 bits per heavy atom. The quantitative estimate of drug-likeness (QED) is 0.217. The molecule has 2 nitrogen and oxygen atoms in total. The fourth-order valence-electron chi connectivity index (χ4n) is 6.20. The van der Waals surface area contributed by atoms with Gasteiger partial charge in [-0.15, -0.1) is 0 Å². The summed E-state index contributed by atoms with van der Waals surface area (Å²) in [7, 11) is 0. The van der Waals surface area contributed by atoms with Crippen LogP contribution in [0.3, 0.4) is 0 Å². The zero-order chi connectivity index (χ0) is 27.5. The first-order chi connectivity index (χ1) is 20.1. The van der Waals surface area contributed by atoms with Gasteiger partial charge in [0, 0.05) is 5.39 Å². The second-order valence-electron chi connectivity index (χ2n) is 10.7. The normalized spacial score (nSPS) is 11.6.